The first-order valence-electron chi connectivity index (χ1n) is 6.21. The van der Waals surface area contributed by atoms with E-state index in [2.05, 4.69) is 6.07 Å². The normalized spacial score (nSPS) is 10.8. The largest absolute Gasteiger partial charge is 0.398 e. The van der Waals surface area contributed by atoms with Gasteiger partial charge in [-0.3, -0.25) is 4.79 Å². The van der Waals surface area contributed by atoms with Gasteiger partial charge in [0.05, 0.1) is 4.88 Å². The van der Waals surface area contributed by atoms with Gasteiger partial charge in [-0.25, -0.2) is 0 Å². The van der Waals surface area contributed by atoms with Crippen molar-refractivity contribution in [3.8, 4) is 0 Å². The van der Waals surface area contributed by atoms with E-state index in [0.29, 0.717) is 6.54 Å². The molecule has 0 radical (unpaired) electrons. The van der Waals surface area contributed by atoms with Gasteiger partial charge < -0.3 is 10.6 Å². The maximum absolute atomic E-state index is 12.4. The van der Waals surface area contributed by atoms with E-state index >= 15 is 0 Å². The molecule has 0 aliphatic carbocycles. The van der Waals surface area contributed by atoms with Crippen molar-refractivity contribution in [2.45, 2.75) is 6.54 Å². The van der Waals surface area contributed by atoms with E-state index in [1.54, 1.807) is 27.6 Å². The molecule has 102 valence electrons. The maximum Gasteiger partial charge on any atom is 0.264 e. The molecule has 0 saturated carbocycles. The molecule has 0 saturated heterocycles. The molecule has 0 atom stereocenters. The van der Waals surface area contributed by atoms with Crippen LogP contribution in [0.15, 0.2) is 41.8 Å². The highest BCUT2D eigenvalue weighted by atomic mass is 32.1. The summed E-state index contributed by atoms with van der Waals surface area (Å²) in [5.41, 5.74) is 7.61. The second-order valence-electron chi connectivity index (χ2n) is 4.62. The average molecular weight is 302 g/mol. The highest BCUT2D eigenvalue weighted by molar-refractivity contribution is 7.27. The summed E-state index contributed by atoms with van der Waals surface area (Å²) in [6.45, 7) is 0.525. The molecule has 0 fully saturated rings. The summed E-state index contributed by atoms with van der Waals surface area (Å²) in [4.78, 5) is 14.9. The lowest BCUT2D eigenvalue weighted by Gasteiger charge is -2.17. The van der Waals surface area contributed by atoms with Gasteiger partial charge in [0.15, 0.2) is 0 Å². The summed E-state index contributed by atoms with van der Waals surface area (Å²) in [5.74, 6) is 0.0432. The number of nitrogens with zero attached hydrogens (tertiary/aromatic N) is 1. The van der Waals surface area contributed by atoms with Crippen LogP contribution in [-0.4, -0.2) is 17.9 Å². The van der Waals surface area contributed by atoms with Crippen molar-refractivity contribution >= 4 is 43.7 Å². The van der Waals surface area contributed by atoms with E-state index in [0.717, 1.165) is 16.1 Å². The molecule has 5 heteroatoms. The Morgan fingerprint density at radius 3 is 2.80 bits per heavy atom. The number of carbonyl (C=O) groups excluding carboxylic acids is 1. The number of nitrogen functional groups attached to an aromatic ring is 1. The van der Waals surface area contributed by atoms with Crippen LogP contribution in [0.1, 0.15) is 15.2 Å². The number of benzene rings is 1. The molecule has 2 N–H and O–H groups in total. The molecule has 0 unspecified atom stereocenters. The third-order valence-corrected chi connectivity index (χ3v) is 5.24. The van der Waals surface area contributed by atoms with Gasteiger partial charge in [0.1, 0.15) is 0 Å². The Morgan fingerprint density at radius 1 is 1.25 bits per heavy atom. The number of nitrogens with two attached hydrogens (primary N) is 1. The highest BCUT2D eigenvalue weighted by Gasteiger charge is 2.16. The average Bonchev–Trinajstić information content (AvgIpc) is 3.01. The van der Waals surface area contributed by atoms with Crippen molar-refractivity contribution in [3.63, 3.8) is 0 Å². The summed E-state index contributed by atoms with van der Waals surface area (Å²) in [6.07, 6.45) is 0. The zero-order valence-corrected chi connectivity index (χ0v) is 12.6. The highest BCUT2D eigenvalue weighted by Crippen LogP contribution is 2.30. The van der Waals surface area contributed by atoms with E-state index < -0.39 is 0 Å². The molecule has 2 heterocycles. The molecule has 0 bridgehead atoms. The van der Waals surface area contributed by atoms with Crippen LogP contribution in [0.2, 0.25) is 0 Å². The molecule has 3 aromatic rings. The number of anilines is 1. The molecule has 3 nitrogen and oxygen atoms in total. The molecule has 0 spiro atoms. The lowest BCUT2D eigenvalue weighted by atomic mass is 10.1. The lowest BCUT2D eigenvalue weighted by molar-refractivity contribution is 0.0790. The maximum atomic E-state index is 12.4. The summed E-state index contributed by atoms with van der Waals surface area (Å²) in [5, 5.41) is 2.05. The fraction of sp³-hybridized carbons (Fsp3) is 0.133. The minimum Gasteiger partial charge on any atom is -0.398 e. The number of amides is 1. The zero-order chi connectivity index (χ0) is 14.1. The Bertz CT molecular complexity index is 731. The Labute approximate surface area is 125 Å². The van der Waals surface area contributed by atoms with Crippen molar-refractivity contribution in [2.24, 2.45) is 0 Å². The third-order valence-electron chi connectivity index (χ3n) is 3.16. The lowest BCUT2D eigenvalue weighted by Crippen LogP contribution is -2.25. The Balaban J connectivity index is 1.80. The van der Waals surface area contributed by atoms with Crippen LogP contribution in [0.4, 0.5) is 5.69 Å². The van der Waals surface area contributed by atoms with Crippen molar-refractivity contribution in [3.05, 3.63) is 52.2 Å². The number of thiophene rings is 2. The van der Waals surface area contributed by atoms with Crippen LogP contribution < -0.4 is 5.73 Å². The number of rotatable bonds is 3. The predicted molar refractivity (Wildman–Crippen MR) is 86.4 cm³/mol. The van der Waals surface area contributed by atoms with Gasteiger partial charge in [-0.05, 0) is 29.1 Å². The quantitative estimate of drug-likeness (QED) is 0.748. The molecule has 0 aliphatic heterocycles. The molecule has 2 aromatic heterocycles. The molecule has 20 heavy (non-hydrogen) atoms. The molecule has 1 aromatic carbocycles. The second-order valence-corrected chi connectivity index (χ2v) is 6.65. The first kappa shape index (κ1) is 13.1. The number of hydrogen-bond donors (Lipinski definition) is 1. The minimum atomic E-state index is 0.0432. The van der Waals surface area contributed by atoms with Crippen LogP contribution in [-0.2, 0) is 6.54 Å². The smallest absolute Gasteiger partial charge is 0.264 e. The van der Waals surface area contributed by atoms with E-state index in [4.69, 9.17) is 5.73 Å². The molecule has 1 amide bonds. The van der Waals surface area contributed by atoms with Crippen LogP contribution >= 0.6 is 22.7 Å². The van der Waals surface area contributed by atoms with Crippen molar-refractivity contribution < 1.29 is 4.79 Å². The zero-order valence-electron chi connectivity index (χ0n) is 11.0. The van der Waals surface area contributed by atoms with Gasteiger partial charge in [0.25, 0.3) is 5.91 Å². The van der Waals surface area contributed by atoms with E-state index in [1.807, 2.05) is 42.8 Å². The molecule has 0 aliphatic rings. The summed E-state index contributed by atoms with van der Waals surface area (Å²) in [7, 11) is 1.81. The minimum absolute atomic E-state index is 0.0432. The van der Waals surface area contributed by atoms with Gasteiger partial charge in [-0.1, -0.05) is 18.2 Å². The van der Waals surface area contributed by atoms with Crippen LogP contribution in [0, 0.1) is 0 Å². The van der Waals surface area contributed by atoms with Crippen molar-refractivity contribution in [2.75, 3.05) is 12.8 Å². The van der Waals surface area contributed by atoms with Gasteiger partial charge in [-0.2, -0.15) is 0 Å². The Morgan fingerprint density at radius 2 is 2.05 bits per heavy atom. The SMILES string of the molecule is CN(Cc1ccccc1N)C(=O)c1cc2sccc2s1. The fourth-order valence-corrected chi connectivity index (χ4v) is 4.17. The summed E-state index contributed by atoms with van der Waals surface area (Å²) >= 11 is 3.21. The van der Waals surface area contributed by atoms with Crippen molar-refractivity contribution in [1.29, 1.82) is 0 Å². The molecule has 3 rings (SSSR count). The number of para-hydroxylation sites is 1. The third kappa shape index (κ3) is 2.42. The fourth-order valence-electron chi connectivity index (χ4n) is 2.06. The van der Waals surface area contributed by atoms with Crippen molar-refractivity contribution in [1.82, 2.24) is 4.90 Å². The molecular formula is C15H14N2OS2. The van der Waals surface area contributed by atoms with Gasteiger partial charge in [-0.15, -0.1) is 22.7 Å². The second kappa shape index (κ2) is 5.26. The van der Waals surface area contributed by atoms with Crippen LogP contribution in [0.5, 0.6) is 0 Å². The van der Waals surface area contributed by atoms with Crippen LogP contribution in [0.3, 0.4) is 0 Å². The van der Waals surface area contributed by atoms with Gasteiger partial charge >= 0.3 is 0 Å². The first-order chi connectivity index (χ1) is 9.65. The Kier molecular flexibility index (Phi) is 3.46. The number of carbonyl (C=O) groups is 1. The van der Waals surface area contributed by atoms with Gasteiger partial charge in [0.2, 0.25) is 0 Å². The topological polar surface area (TPSA) is 46.3 Å². The number of hydrogen-bond acceptors (Lipinski definition) is 4. The standard InChI is InChI=1S/C15H14N2OS2/c1-17(9-10-4-2-3-5-11(10)16)15(18)14-8-13-12(20-14)6-7-19-13/h2-8H,9,16H2,1H3. The monoisotopic (exact) mass is 302 g/mol. The van der Waals surface area contributed by atoms with E-state index in [-0.39, 0.29) is 5.91 Å². The Hall–Kier alpha value is -1.85. The first-order valence-corrected chi connectivity index (χ1v) is 7.90. The summed E-state index contributed by atoms with van der Waals surface area (Å²) in [6, 6.07) is 11.7. The van der Waals surface area contributed by atoms with Gasteiger partial charge in [0, 0.05) is 28.7 Å². The van der Waals surface area contributed by atoms with E-state index in [1.165, 1.54) is 9.40 Å². The molecular weight excluding hydrogens is 288 g/mol. The van der Waals surface area contributed by atoms with E-state index in [9.17, 15) is 4.79 Å². The number of fused-ring (bicyclic) bond motifs is 1. The van der Waals surface area contributed by atoms with Crippen LogP contribution in [0.25, 0.3) is 9.40 Å². The summed E-state index contributed by atoms with van der Waals surface area (Å²) < 4.78 is 2.34. The predicted octanol–water partition coefficient (Wildman–Crippen LogP) is 3.82.